The minimum atomic E-state index is -0.932. The van der Waals surface area contributed by atoms with Gasteiger partial charge in [0.05, 0.1) is 24.4 Å². The number of rotatable bonds is 8. The highest BCUT2D eigenvalue weighted by atomic mass is 32.1. The van der Waals surface area contributed by atoms with Gasteiger partial charge in [0.1, 0.15) is 11.6 Å². The second kappa shape index (κ2) is 9.31. The number of aromatic nitrogens is 1. The molecule has 8 heteroatoms. The predicted molar refractivity (Wildman–Crippen MR) is 133 cm³/mol. The van der Waals surface area contributed by atoms with Gasteiger partial charge in [-0.2, -0.15) is 0 Å². The monoisotopic (exact) mass is 488 g/mol. The van der Waals surface area contributed by atoms with Crippen molar-refractivity contribution in [3.63, 3.8) is 0 Å². The number of carboxylic acid groups (broad SMARTS) is 1. The van der Waals surface area contributed by atoms with Crippen molar-refractivity contribution < 1.29 is 23.8 Å². The van der Waals surface area contributed by atoms with Gasteiger partial charge in [-0.05, 0) is 53.9 Å². The number of carboxylic acids is 1. The topological polar surface area (TPSA) is 88.5 Å². The Morgan fingerprint density at radius 2 is 1.69 bits per heavy atom. The number of aliphatic carboxylic acids is 1. The zero-order valence-corrected chi connectivity index (χ0v) is 19.5. The quantitative estimate of drug-likeness (QED) is 0.284. The summed E-state index contributed by atoms with van der Waals surface area (Å²) in [6.45, 7) is 0. The van der Waals surface area contributed by atoms with Gasteiger partial charge in [-0.1, -0.05) is 30.3 Å². The van der Waals surface area contributed by atoms with E-state index in [2.05, 4.69) is 10.3 Å². The number of nitrogens with zero attached hydrogens (tertiary/aromatic N) is 1. The van der Waals surface area contributed by atoms with Gasteiger partial charge in [0.2, 0.25) is 0 Å². The summed E-state index contributed by atoms with van der Waals surface area (Å²) in [5.74, 6) is -1.78. The van der Waals surface area contributed by atoms with Crippen molar-refractivity contribution in [1.82, 2.24) is 4.98 Å². The van der Waals surface area contributed by atoms with Crippen molar-refractivity contribution in [3.05, 3.63) is 83.5 Å². The first kappa shape index (κ1) is 22.7. The number of halogens is 1. The lowest BCUT2D eigenvalue weighted by atomic mass is 10.00. The number of Topliss-reactive ketones (excluding diaryl/α,β-unsaturated/α-hetero) is 1. The van der Waals surface area contributed by atoms with Crippen LogP contribution in [0.15, 0.2) is 72.1 Å². The third-order valence-corrected chi connectivity index (χ3v) is 6.81. The van der Waals surface area contributed by atoms with Gasteiger partial charge < -0.3 is 15.2 Å². The molecule has 1 fully saturated rings. The number of carbonyl (C=O) groups excluding carboxylic acids is 1. The molecule has 0 spiro atoms. The maximum absolute atomic E-state index is 14.9. The normalized spacial score (nSPS) is 16.5. The Morgan fingerprint density at radius 3 is 2.31 bits per heavy atom. The van der Waals surface area contributed by atoms with Crippen LogP contribution in [-0.2, 0) is 4.79 Å². The molecule has 1 aliphatic rings. The van der Waals surface area contributed by atoms with Crippen molar-refractivity contribution in [2.75, 3.05) is 12.4 Å². The zero-order valence-electron chi connectivity index (χ0n) is 18.7. The van der Waals surface area contributed by atoms with E-state index in [0.717, 1.165) is 22.6 Å². The first-order chi connectivity index (χ1) is 16.9. The second-order valence-electron chi connectivity index (χ2n) is 8.31. The van der Waals surface area contributed by atoms with Crippen LogP contribution in [0.1, 0.15) is 16.8 Å². The largest absolute Gasteiger partial charge is 0.497 e. The summed E-state index contributed by atoms with van der Waals surface area (Å²) >= 11 is 1.38. The van der Waals surface area contributed by atoms with Crippen LogP contribution in [-0.4, -0.2) is 29.0 Å². The van der Waals surface area contributed by atoms with Gasteiger partial charge >= 0.3 is 5.97 Å². The zero-order chi connectivity index (χ0) is 24.5. The summed E-state index contributed by atoms with van der Waals surface area (Å²) in [7, 11) is 1.61. The molecule has 0 saturated heterocycles. The lowest BCUT2D eigenvalue weighted by Crippen LogP contribution is -2.08. The lowest BCUT2D eigenvalue weighted by Gasteiger charge is -2.08. The first-order valence-corrected chi connectivity index (χ1v) is 11.8. The number of hydrogen-bond acceptors (Lipinski definition) is 6. The SMILES string of the molecule is COc1ccc(-c2csc(Nc3ccc(-c4ccc(C(=O)[C@H]5C[C@@H]5C(=O)O)cc4)cc3F)n2)cc1. The Balaban J connectivity index is 1.27. The van der Waals surface area contributed by atoms with E-state index in [-0.39, 0.29) is 5.78 Å². The predicted octanol–water partition coefficient (Wildman–Crippen LogP) is 6.27. The molecular formula is C27H21FN2O4S. The van der Waals surface area contributed by atoms with Crippen molar-refractivity contribution >= 4 is 33.9 Å². The van der Waals surface area contributed by atoms with Crippen LogP contribution >= 0.6 is 11.3 Å². The highest BCUT2D eigenvalue weighted by Gasteiger charge is 2.48. The van der Waals surface area contributed by atoms with Gasteiger partial charge in [0.15, 0.2) is 10.9 Å². The molecular weight excluding hydrogens is 467 g/mol. The molecule has 0 radical (unpaired) electrons. The molecule has 35 heavy (non-hydrogen) atoms. The molecule has 0 bridgehead atoms. The van der Waals surface area contributed by atoms with Gasteiger partial charge in [-0.3, -0.25) is 9.59 Å². The third kappa shape index (κ3) is 4.79. The molecule has 1 aromatic heterocycles. The van der Waals surface area contributed by atoms with Crippen molar-refractivity contribution in [2.45, 2.75) is 6.42 Å². The number of ether oxygens (including phenoxy) is 1. The van der Waals surface area contributed by atoms with Crippen LogP contribution in [0.5, 0.6) is 5.75 Å². The standard InChI is InChI=1S/C27H21FN2O4S/c1-34-19-9-6-16(7-10-19)24-14-35-27(30-24)29-23-11-8-18(12-22(23)28)15-2-4-17(5-3-15)25(31)20-13-21(20)26(32)33/h2-12,14,20-21H,13H2,1H3,(H,29,30)(H,32,33)/t20-,21-/m0/s1. The maximum atomic E-state index is 14.9. The van der Waals surface area contributed by atoms with Crippen LogP contribution in [0.25, 0.3) is 22.4 Å². The highest BCUT2D eigenvalue weighted by Crippen LogP contribution is 2.41. The van der Waals surface area contributed by atoms with E-state index < -0.39 is 23.6 Å². The smallest absolute Gasteiger partial charge is 0.307 e. The van der Waals surface area contributed by atoms with Crippen molar-refractivity contribution in [1.29, 1.82) is 0 Å². The van der Waals surface area contributed by atoms with E-state index in [1.165, 1.54) is 17.4 Å². The number of nitrogens with one attached hydrogen (secondary N) is 1. The Labute approximate surface area is 205 Å². The first-order valence-electron chi connectivity index (χ1n) is 11.0. The fourth-order valence-electron chi connectivity index (χ4n) is 3.94. The molecule has 1 aliphatic carbocycles. The Kier molecular flexibility index (Phi) is 6.05. The number of thiazole rings is 1. The molecule has 1 heterocycles. The van der Waals surface area contributed by atoms with E-state index in [1.54, 1.807) is 43.5 Å². The number of anilines is 2. The minimum absolute atomic E-state index is 0.160. The van der Waals surface area contributed by atoms with E-state index in [9.17, 15) is 14.0 Å². The van der Waals surface area contributed by atoms with Crippen LogP contribution < -0.4 is 10.1 Å². The fraction of sp³-hybridized carbons (Fsp3) is 0.148. The molecule has 3 aromatic carbocycles. The Morgan fingerprint density at radius 1 is 1.00 bits per heavy atom. The minimum Gasteiger partial charge on any atom is -0.497 e. The Bertz CT molecular complexity index is 1400. The average Bonchev–Trinajstić information content (AvgIpc) is 3.56. The van der Waals surface area contributed by atoms with Gasteiger partial charge in [-0.25, -0.2) is 9.37 Å². The third-order valence-electron chi connectivity index (χ3n) is 6.05. The molecule has 6 nitrogen and oxygen atoms in total. The summed E-state index contributed by atoms with van der Waals surface area (Å²) in [6, 6.07) is 19.2. The van der Waals surface area contributed by atoms with E-state index in [4.69, 9.17) is 9.84 Å². The second-order valence-corrected chi connectivity index (χ2v) is 9.17. The summed E-state index contributed by atoms with van der Waals surface area (Å²) in [4.78, 5) is 28.0. The van der Waals surface area contributed by atoms with E-state index >= 15 is 0 Å². The highest BCUT2D eigenvalue weighted by molar-refractivity contribution is 7.14. The number of carbonyl (C=O) groups is 2. The fourth-order valence-corrected chi connectivity index (χ4v) is 4.67. The molecule has 4 aromatic rings. The van der Waals surface area contributed by atoms with Gasteiger partial charge in [0.25, 0.3) is 0 Å². The summed E-state index contributed by atoms with van der Waals surface area (Å²) in [5, 5.41) is 14.5. The lowest BCUT2D eigenvalue weighted by molar-refractivity contribution is -0.138. The molecule has 1 saturated carbocycles. The van der Waals surface area contributed by atoms with E-state index in [1.807, 2.05) is 29.6 Å². The summed E-state index contributed by atoms with van der Waals surface area (Å²) in [5.41, 5.74) is 3.93. The number of ketones is 1. The Hall–Kier alpha value is -4.04. The number of hydrogen-bond donors (Lipinski definition) is 2. The number of methoxy groups -OCH3 is 1. The molecule has 5 rings (SSSR count). The molecule has 0 aliphatic heterocycles. The van der Waals surface area contributed by atoms with Crippen LogP contribution in [0.2, 0.25) is 0 Å². The maximum Gasteiger partial charge on any atom is 0.307 e. The van der Waals surface area contributed by atoms with Crippen molar-refractivity contribution in [2.24, 2.45) is 11.8 Å². The van der Waals surface area contributed by atoms with Crippen LogP contribution in [0.3, 0.4) is 0 Å². The van der Waals surface area contributed by atoms with Gasteiger partial charge in [-0.15, -0.1) is 11.3 Å². The van der Waals surface area contributed by atoms with E-state index in [0.29, 0.717) is 28.4 Å². The van der Waals surface area contributed by atoms with Gasteiger partial charge in [0, 0.05) is 22.4 Å². The molecule has 0 unspecified atom stereocenters. The summed E-state index contributed by atoms with van der Waals surface area (Å²) in [6.07, 6.45) is 0.385. The number of benzene rings is 3. The molecule has 176 valence electrons. The molecule has 2 N–H and O–H groups in total. The van der Waals surface area contributed by atoms with Crippen LogP contribution in [0.4, 0.5) is 15.2 Å². The average molecular weight is 489 g/mol. The molecule has 0 amide bonds. The summed E-state index contributed by atoms with van der Waals surface area (Å²) < 4.78 is 20.0. The van der Waals surface area contributed by atoms with Crippen LogP contribution in [0, 0.1) is 17.7 Å². The molecule has 2 atom stereocenters. The van der Waals surface area contributed by atoms with Crippen molar-refractivity contribution in [3.8, 4) is 28.1 Å².